The van der Waals surface area contributed by atoms with Gasteiger partial charge in [0.1, 0.15) is 11.5 Å². The number of aliphatic imine (C=N–C) groups is 1. The van der Waals surface area contributed by atoms with E-state index in [1.807, 2.05) is 35.2 Å². The molecule has 0 spiro atoms. The molecule has 1 fully saturated rings. The van der Waals surface area contributed by atoms with Crippen LogP contribution in [0.4, 0.5) is 10.1 Å². The summed E-state index contributed by atoms with van der Waals surface area (Å²) in [5, 5.41) is 0.426. The second kappa shape index (κ2) is 9.69. The molecule has 2 aliphatic rings. The number of carbonyl (C=O) groups is 2. The number of anilines is 1. The van der Waals surface area contributed by atoms with Crippen molar-refractivity contribution in [1.82, 2.24) is 4.90 Å². The minimum atomic E-state index is -0.380. The molecule has 2 aromatic rings. The molecule has 5 nitrogen and oxygen atoms in total. The Morgan fingerprint density at radius 2 is 1.75 bits per heavy atom. The van der Waals surface area contributed by atoms with Gasteiger partial charge < -0.3 is 4.90 Å². The highest BCUT2D eigenvalue weighted by atomic mass is 32.2. The molecule has 0 aliphatic carbocycles. The summed E-state index contributed by atoms with van der Waals surface area (Å²) < 4.78 is 13.5. The Morgan fingerprint density at radius 3 is 2.41 bits per heavy atom. The Bertz CT molecular complexity index is 1040. The number of carbonyl (C=O) groups excluding carboxylic acids is 2. The van der Waals surface area contributed by atoms with E-state index in [0.29, 0.717) is 22.7 Å². The first-order valence-corrected chi connectivity index (χ1v) is 11.8. The zero-order valence-corrected chi connectivity index (χ0v) is 19.0. The molecule has 1 saturated heterocycles. The molecule has 0 unspecified atom stereocenters. The monoisotopic (exact) mass is 451 g/mol. The average Bonchev–Trinajstić information content (AvgIpc) is 3.07. The zero-order chi connectivity index (χ0) is 22.7. The molecular weight excluding hydrogens is 425 g/mol. The van der Waals surface area contributed by atoms with E-state index in [1.165, 1.54) is 28.8 Å². The van der Waals surface area contributed by atoms with E-state index in [-0.39, 0.29) is 29.1 Å². The molecule has 166 valence electrons. The van der Waals surface area contributed by atoms with Gasteiger partial charge in [-0.1, -0.05) is 55.9 Å². The Kier molecular flexibility index (Phi) is 6.74. The summed E-state index contributed by atoms with van der Waals surface area (Å²) in [6, 6.07) is 15.2. The molecule has 0 radical (unpaired) electrons. The van der Waals surface area contributed by atoms with Crippen LogP contribution < -0.4 is 4.90 Å². The van der Waals surface area contributed by atoms with Crippen LogP contribution in [-0.4, -0.2) is 40.7 Å². The van der Waals surface area contributed by atoms with Gasteiger partial charge in [0.2, 0.25) is 5.91 Å². The SMILES string of the molecule is C[C@@H]1C[C@@H](C)CN(C(=O)CSC2=N/C(=C\c3ccccc3)C(=O)N2c2ccc(F)cc2)C1. The van der Waals surface area contributed by atoms with Crippen molar-refractivity contribution in [2.45, 2.75) is 20.3 Å². The van der Waals surface area contributed by atoms with E-state index >= 15 is 0 Å². The Hall–Kier alpha value is -2.93. The fraction of sp³-hybridized carbons (Fsp3) is 0.320. The van der Waals surface area contributed by atoms with Crippen LogP contribution >= 0.6 is 11.8 Å². The van der Waals surface area contributed by atoms with Crippen LogP contribution in [0.15, 0.2) is 65.3 Å². The number of thioether (sulfide) groups is 1. The summed E-state index contributed by atoms with van der Waals surface area (Å²) >= 11 is 1.24. The molecule has 2 aliphatic heterocycles. The second-order valence-corrected chi connectivity index (χ2v) is 9.43. The van der Waals surface area contributed by atoms with Gasteiger partial charge in [0.25, 0.3) is 5.91 Å². The van der Waals surface area contributed by atoms with E-state index < -0.39 is 0 Å². The van der Waals surface area contributed by atoms with Gasteiger partial charge in [-0.25, -0.2) is 9.38 Å². The van der Waals surface area contributed by atoms with Crippen LogP contribution in [-0.2, 0) is 9.59 Å². The van der Waals surface area contributed by atoms with Crippen molar-refractivity contribution >= 4 is 40.5 Å². The maximum absolute atomic E-state index is 13.5. The topological polar surface area (TPSA) is 53.0 Å². The highest BCUT2D eigenvalue weighted by Gasteiger charge is 2.33. The van der Waals surface area contributed by atoms with Crippen molar-refractivity contribution < 1.29 is 14.0 Å². The highest BCUT2D eigenvalue weighted by molar-refractivity contribution is 8.14. The van der Waals surface area contributed by atoms with Gasteiger partial charge in [-0.2, -0.15) is 0 Å². The van der Waals surface area contributed by atoms with Crippen LogP contribution in [0.25, 0.3) is 6.08 Å². The normalized spacial score (nSPS) is 22.4. The molecule has 7 heteroatoms. The first-order chi connectivity index (χ1) is 15.4. The van der Waals surface area contributed by atoms with Gasteiger partial charge in [-0.05, 0) is 54.2 Å². The summed E-state index contributed by atoms with van der Waals surface area (Å²) in [5.41, 5.74) is 1.67. The van der Waals surface area contributed by atoms with Crippen molar-refractivity contribution in [3.05, 3.63) is 71.7 Å². The lowest BCUT2D eigenvalue weighted by atomic mass is 9.92. The number of piperidine rings is 1. The molecule has 2 atom stereocenters. The van der Waals surface area contributed by atoms with E-state index in [4.69, 9.17) is 0 Å². The Labute approximate surface area is 192 Å². The minimum Gasteiger partial charge on any atom is -0.341 e. The minimum absolute atomic E-state index is 0.0445. The van der Waals surface area contributed by atoms with Crippen molar-refractivity contribution in [2.75, 3.05) is 23.7 Å². The lowest BCUT2D eigenvalue weighted by Crippen LogP contribution is -2.43. The van der Waals surface area contributed by atoms with E-state index in [2.05, 4.69) is 18.8 Å². The van der Waals surface area contributed by atoms with Crippen LogP contribution in [0.1, 0.15) is 25.8 Å². The number of halogens is 1. The number of likely N-dealkylation sites (tertiary alicyclic amines) is 1. The van der Waals surface area contributed by atoms with Crippen LogP contribution in [0.2, 0.25) is 0 Å². The number of hydrogen-bond acceptors (Lipinski definition) is 4. The van der Waals surface area contributed by atoms with Gasteiger partial charge in [-0.15, -0.1) is 0 Å². The Morgan fingerprint density at radius 1 is 1.09 bits per heavy atom. The molecule has 2 heterocycles. The van der Waals surface area contributed by atoms with Crippen molar-refractivity contribution in [3.8, 4) is 0 Å². The number of hydrogen-bond donors (Lipinski definition) is 0. The van der Waals surface area contributed by atoms with Crippen molar-refractivity contribution in [3.63, 3.8) is 0 Å². The lowest BCUT2D eigenvalue weighted by molar-refractivity contribution is -0.131. The van der Waals surface area contributed by atoms with Crippen LogP contribution in [0.3, 0.4) is 0 Å². The number of benzene rings is 2. The quantitative estimate of drug-likeness (QED) is 0.627. The second-order valence-electron chi connectivity index (χ2n) is 8.49. The third kappa shape index (κ3) is 5.10. The lowest BCUT2D eigenvalue weighted by Gasteiger charge is -2.35. The van der Waals surface area contributed by atoms with Crippen molar-refractivity contribution in [2.24, 2.45) is 16.8 Å². The standard InChI is InChI=1S/C25H26FN3O2S/c1-17-12-18(2)15-28(14-17)23(30)16-32-25-27-22(13-19-6-4-3-5-7-19)24(31)29(25)21-10-8-20(26)9-11-21/h3-11,13,17-18H,12,14-16H2,1-2H3/b22-13-/t17-,18-/m1/s1. The third-order valence-electron chi connectivity index (χ3n) is 5.56. The van der Waals surface area contributed by atoms with E-state index in [1.54, 1.807) is 18.2 Å². The van der Waals surface area contributed by atoms with Gasteiger partial charge in [0, 0.05) is 13.1 Å². The summed E-state index contributed by atoms with van der Waals surface area (Å²) in [5.74, 6) is 0.527. The number of amides is 2. The predicted octanol–water partition coefficient (Wildman–Crippen LogP) is 4.81. The van der Waals surface area contributed by atoms with Crippen LogP contribution in [0.5, 0.6) is 0 Å². The average molecular weight is 452 g/mol. The molecule has 4 rings (SSSR count). The summed E-state index contributed by atoms with van der Waals surface area (Å²) in [4.78, 5) is 34.0. The van der Waals surface area contributed by atoms with E-state index in [0.717, 1.165) is 25.1 Å². The molecule has 2 amide bonds. The van der Waals surface area contributed by atoms with Gasteiger partial charge >= 0.3 is 0 Å². The maximum Gasteiger partial charge on any atom is 0.283 e. The fourth-order valence-corrected chi connectivity index (χ4v) is 5.12. The smallest absolute Gasteiger partial charge is 0.283 e. The molecular formula is C25H26FN3O2S. The summed E-state index contributed by atoms with van der Waals surface area (Å²) in [6.07, 6.45) is 2.85. The number of nitrogens with zero attached hydrogens (tertiary/aromatic N) is 3. The fourth-order valence-electron chi connectivity index (χ4n) is 4.20. The summed E-state index contributed by atoms with van der Waals surface area (Å²) in [6.45, 7) is 5.85. The van der Waals surface area contributed by atoms with E-state index in [9.17, 15) is 14.0 Å². The van der Waals surface area contributed by atoms with Crippen LogP contribution in [0, 0.1) is 17.7 Å². The first-order valence-electron chi connectivity index (χ1n) is 10.8. The maximum atomic E-state index is 13.5. The van der Waals surface area contributed by atoms with Gasteiger partial charge in [0.05, 0.1) is 11.4 Å². The molecule has 0 N–H and O–H groups in total. The largest absolute Gasteiger partial charge is 0.341 e. The Balaban J connectivity index is 1.56. The van der Waals surface area contributed by atoms with Gasteiger partial charge in [-0.3, -0.25) is 14.5 Å². The van der Waals surface area contributed by atoms with Crippen molar-refractivity contribution in [1.29, 1.82) is 0 Å². The molecule has 0 saturated carbocycles. The first kappa shape index (κ1) is 22.3. The molecule has 32 heavy (non-hydrogen) atoms. The highest BCUT2D eigenvalue weighted by Crippen LogP contribution is 2.30. The molecule has 0 aromatic heterocycles. The number of rotatable bonds is 4. The third-order valence-corrected chi connectivity index (χ3v) is 6.49. The number of amidine groups is 1. The molecule has 0 bridgehead atoms. The summed E-state index contributed by atoms with van der Waals surface area (Å²) in [7, 11) is 0. The molecule has 2 aromatic carbocycles. The zero-order valence-electron chi connectivity index (χ0n) is 18.2. The van der Waals surface area contributed by atoms with Gasteiger partial charge in [0.15, 0.2) is 5.17 Å². The predicted molar refractivity (Wildman–Crippen MR) is 128 cm³/mol.